The maximum Gasteiger partial charge on any atom is 0.267 e. The smallest absolute Gasteiger partial charge is 0.267 e. The number of carbonyl (C=O) groups excluding carboxylic acids is 3. The number of hydrogen-bond donors (Lipinski definition) is 0. The number of piperidine rings is 1. The van der Waals surface area contributed by atoms with Crippen molar-refractivity contribution in [1.29, 1.82) is 0 Å². The largest absolute Gasteiger partial charge is 0.335 e. The van der Waals surface area contributed by atoms with Crippen molar-refractivity contribution in [2.24, 2.45) is 0 Å². The Bertz CT molecular complexity index is 759. The van der Waals surface area contributed by atoms with E-state index in [9.17, 15) is 19.2 Å². The van der Waals surface area contributed by atoms with Crippen molar-refractivity contribution >= 4 is 17.7 Å². The minimum Gasteiger partial charge on any atom is -0.335 e. The highest BCUT2D eigenvalue weighted by Gasteiger charge is 2.47. The van der Waals surface area contributed by atoms with E-state index >= 15 is 0 Å². The molecule has 4 rings (SSSR count). The zero-order chi connectivity index (χ0) is 17.6. The Morgan fingerprint density at radius 2 is 1.68 bits per heavy atom. The molecular weight excluding hydrogens is 324 g/mol. The first kappa shape index (κ1) is 16.0. The molecule has 3 aliphatic rings. The lowest BCUT2D eigenvalue weighted by Crippen LogP contribution is -2.54. The summed E-state index contributed by atoms with van der Waals surface area (Å²) in [4.78, 5) is 51.7. The molecule has 3 saturated heterocycles. The van der Waals surface area contributed by atoms with E-state index in [1.165, 1.54) is 21.8 Å². The summed E-state index contributed by atoms with van der Waals surface area (Å²) in [7, 11) is 0. The maximum atomic E-state index is 12.7. The highest BCUT2D eigenvalue weighted by atomic mass is 16.2. The quantitative estimate of drug-likeness (QED) is 0.715. The molecule has 0 radical (unpaired) electrons. The van der Waals surface area contributed by atoms with Crippen molar-refractivity contribution in [2.75, 3.05) is 0 Å². The van der Waals surface area contributed by atoms with E-state index < -0.39 is 0 Å². The van der Waals surface area contributed by atoms with Gasteiger partial charge in [-0.3, -0.25) is 24.1 Å². The van der Waals surface area contributed by atoms with Gasteiger partial charge in [-0.15, -0.1) is 0 Å². The number of amides is 3. The van der Waals surface area contributed by atoms with E-state index in [-0.39, 0.29) is 48.0 Å². The second-order valence-corrected chi connectivity index (χ2v) is 6.99. The predicted molar refractivity (Wildman–Crippen MR) is 86.3 cm³/mol. The zero-order valence-electron chi connectivity index (χ0n) is 13.8. The van der Waals surface area contributed by atoms with Crippen LogP contribution in [0, 0.1) is 0 Å². The average molecular weight is 344 g/mol. The summed E-state index contributed by atoms with van der Waals surface area (Å²) in [5.41, 5.74) is -0.300. The number of likely N-dealkylation sites (tertiary alicyclic amines) is 1. The third kappa shape index (κ3) is 2.75. The molecule has 0 saturated carbocycles. The normalized spacial score (nSPS) is 28.7. The summed E-state index contributed by atoms with van der Waals surface area (Å²) in [6.07, 6.45) is 5.11. The van der Waals surface area contributed by atoms with Crippen molar-refractivity contribution < 1.29 is 14.4 Å². The number of aromatic nitrogens is 2. The van der Waals surface area contributed by atoms with E-state index in [1.54, 1.807) is 6.07 Å². The van der Waals surface area contributed by atoms with Gasteiger partial charge in [-0.25, -0.2) is 4.68 Å². The van der Waals surface area contributed by atoms with Gasteiger partial charge < -0.3 is 4.90 Å². The van der Waals surface area contributed by atoms with Gasteiger partial charge in [-0.2, -0.15) is 5.10 Å². The molecule has 4 heterocycles. The molecule has 8 nitrogen and oxygen atoms in total. The molecule has 0 aromatic carbocycles. The van der Waals surface area contributed by atoms with Gasteiger partial charge in [0.1, 0.15) is 6.54 Å². The molecule has 3 fully saturated rings. The van der Waals surface area contributed by atoms with Crippen LogP contribution >= 0.6 is 0 Å². The summed E-state index contributed by atoms with van der Waals surface area (Å²) < 4.78 is 1.17. The Kier molecular flexibility index (Phi) is 3.89. The Balaban J connectivity index is 1.48. The minimum atomic E-state index is -0.300. The summed E-state index contributed by atoms with van der Waals surface area (Å²) in [6.45, 7) is -0.0705. The average Bonchev–Trinajstić information content (AvgIpc) is 3.06. The monoisotopic (exact) mass is 344 g/mol. The number of fused-ring (bicyclic) bond motifs is 2. The van der Waals surface area contributed by atoms with Crippen molar-refractivity contribution in [3.8, 4) is 0 Å². The number of imide groups is 1. The van der Waals surface area contributed by atoms with Crippen molar-refractivity contribution in [1.82, 2.24) is 19.6 Å². The van der Waals surface area contributed by atoms with Crippen LogP contribution in [0.15, 0.2) is 23.1 Å². The summed E-state index contributed by atoms with van der Waals surface area (Å²) in [5, 5.41) is 3.94. The fourth-order valence-corrected chi connectivity index (χ4v) is 4.48. The predicted octanol–water partition coefficient (Wildman–Crippen LogP) is -0.0857. The minimum absolute atomic E-state index is 0.0249. The molecule has 8 heteroatoms. The molecule has 2 unspecified atom stereocenters. The van der Waals surface area contributed by atoms with Crippen LogP contribution in [-0.2, 0) is 20.9 Å². The maximum absolute atomic E-state index is 12.7. The van der Waals surface area contributed by atoms with Crippen molar-refractivity contribution in [2.45, 2.75) is 63.2 Å². The molecule has 1 aromatic rings. The third-order valence-corrected chi connectivity index (χ3v) is 5.52. The molecule has 2 atom stereocenters. The Morgan fingerprint density at radius 3 is 2.28 bits per heavy atom. The second-order valence-electron chi connectivity index (χ2n) is 6.99. The Labute approximate surface area is 144 Å². The van der Waals surface area contributed by atoms with E-state index in [0.29, 0.717) is 25.7 Å². The summed E-state index contributed by atoms with van der Waals surface area (Å²) >= 11 is 0. The Morgan fingerprint density at radius 1 is 1.04 bits per heavy atom. The van der Waals surface area contributed by atoms with E-state index in [0.717, 1.165) is 12.8 Å². The topological polar surface area (TPSA) is 92.6 Å². The highest BCUT2D eigenvalue weighted by molar-refractivity contribution is 6.02. The van der Waals surface area contributed by atoms with Crippen LogP contribution in [0.3, 0.4) is 0 Å². The van der Waals surface area contributed by atoms with Crippen LogP contribution < -0.4 is 5.56 Å². The molecule has 2 bridgehead atoms. The van der Waals surface area contributed by atoms with Crippen LogP contribution in [0.2, 0.25) is 0 Å². The van der Waals surface area contributed by atoms with Crippen molar-refractivity contribution in [3.05, 3.63) is 28.7 Å². The number of rotatable bonds is 3. The van der Waals surface area contributed by atoms with Crippen LogP contribution in [0.5, 0.6) is 0 Å². The van der Waals surface area contributed by atoms with E-state index in [2.05, 4.69) is 5.10 Å². The third-order valence-electron chi connectivity index (χ3n) is 5.52. The van der Waals surface area contributed by atoms with Crippen LogP contribution in [0.25, 0.3) is 0 Å². The van der Waals surface area contributed by atoms with Gasteiger partial charge in [-0.05, 0) is 31.7 Å². The molecule has 1 aromatic heterocycles. The molecule has 25 heavy (non-hydrogen) atoms. The molecular formula is C17H20N4O4. The fraction of sp³-hybridized carbons (Fsp3) is 0.588. The van der Waals surface area contributed by atoms with Gasteiger partial charge in [0.2, 0.25) is 17.7 Å². The van der Waals surface area contributed by atoms with Gasteiger partial charge in [0.05, 0.1) is 0 Å². The van der Waals surface area contributed by atoms with Gasteiger partial charge in [0, 0.05) is 43.2 Å². The van der Waals surface area contributed by atoms with Crippen LogP contribution in [-0.4, -0.2) is 55.4 Å². The molecule has 3 aliphatic heterocycles. The number of hydrogen-bond acceptors (Lipinski definition) is 5. The lowest BCUT2D eigenvalue weighted by atomic mass is 9.96. The lowest BCUT2D eigenvalue weighted by molar-refractivity contribution is -0.144. The molecule has 0 aliphatic carbocycles. The second kappa shape index (κ2) is 6.09. The summed E-state index contributed by atoms with van der Waals surface area (Å²) in [6, 6.07) is 2.88. The standard InChI is InChI=1S/C17H20N4O4/c22-14-2-1-7-18-19(14)10-17(25)20-11-3-4-12(20)9-13(8-11)21-15(23)5-6-16(21)24/h1-2,7,11-13H,3-6,8-10H2. The van der Waals surface area contributed by atoms with Gasteiger partial charge in [0.25, 0.3) is 5.56 Å². The van der Waals surface area contributed by atoms with Crippen molar-refractivity contribution in [3.63, 3.8) is 0 Å². The van der Waals surface area contributed by atoms with Crippen LogP contribution in [0.1, 0.15) is 38.5 Å². The van der Waals surface area contributed by atoms with Gasteiger partial charge in [0.15, 0.2) is 0 Å². The lowest BCUT2D eigenvalue weighted by Gasteiger charge is -2.41. The first-order valence-electron chi connectivity index (χ1n) is 8.73. The van der Waals surface area contributed by atoms with Gasteiger partial charge >= 0.3 is 0 Å². The summed E-state index contributed by atoms with van der Waals surface area (Å²) in [5.74, 6) is -0.297. The first-order chi connectivity index (χ1) is 12.0. The Hall–Kier alpha value is -2.51. The first-order valence-corrected chi connectivity index (χ1v) is 8.73. The van der Waals surface area contributed by atoms with Crippen LogP contribution in [0.4, 0.5) is 0 Å². The molecule has 0 N–H and O–H groups in total. The van der Waals surface area contributed by atoms with E-state index in [4.69, 9.17) is 0 Å². The SMILES string of the molecule is O=C1CCC(=O)N1C1CC2CCC(C1)N2C(=O)Cn1ncccc1=O. The molecule has 3 amide bonds. The highest BCUT2D eigenvalue weighted by Crippen LogP contribution is 2.39. The molecule has 132 valence electrons. The fourth-order valence-electron chi connectivity index (χ4n) is 4.48. The van der Waals surface area contributed by atoms with Gasteiger partial charge in [-0.1, -0.05) is 0 Å². The number of nitrogens with zero attached hydrogens (tertiary/aromatic N) is 4. The number of carbonyl (C=O) groups is 3. The van der Waals surface area contributed by atoms with E-state index in [1.807, 2.05) is 4.90 Å². The molecule has 0 spiro atoms. The zero-order valence-corrected chi connectivity index (χ0v) is 13.8.